The van der Waals surface area contributed by atoms with E-state index in [9.17, 15) is 4.79 Å². The van der Waals surface area contributed by atoms with Gasteiger partial charge in [0.1, 0.15) is 6.61 Å². The van der Waals surface area contributed by atoms with E-state index in [1.165, 1.54) is 0 Å². The van der Waals surface area contributed by atoms with Crippen LogP contribution in [0.5, 0.6) is 0 Å². The third-order valence-electron chi connectivity index (χ3n) is 1.96. The van der Waals surface area contributed by atoms with Crippen molar-refractivity contribution in [2.75, 3.05) is 33.8 Å². The minimum atomic E-state index is 0.0295. The molecule has 1 N–H and O–H groups in total. The number of nitrogens with one attached hydrogen (secondary N) is 1. The lowest BCUT2D eigenvalue weighted by Gasteiger charge is -2.13. The van der Waals surface area contributed by atoms with E-state index in [0.29, 0.717) is 0 Å². The van der Waals surface area contributed by atoms with Crippen LogP contribution >= 0.6 is 0 Å². The summed E-state index contributed by atoms with van der Waals surface area (Å²) in [6.07, 6.45) is 1.25. The first-order valence-electron chi connectivity index (χ1n) is 4.22. The van der Waals surface area contributed by atoms with Gasteiger partial charge in [-0.05, 0) is 13.0 Å². The zero-order valence-corrected chi connectivity index (χ0v) is 7.67. The molecular weight excluding hydrogens is 156 g/mol. The van der Waals surface area contributed by atoms with E-state index in [-0.39, 0.29) is 18.6 Å². The molecule has 0 aliphatic carbocycles. The van der Waals surface area contributed by atoms with Gasteiger partial charge in [-0.2, -0.15) is 0 Å². The summed E-state index contributed by atoms with van der Waals surface area (Å²) in [7, 11) is 3.47. The second-order valence-electron chi connectivity index (χ2n) is 3.21. The van der Waals surface area contributed by atoms with Crippen LogP contribution in [0.1, 0.15) is 6.42 Å². The van der Waals surface area contributed by atoms with E-state index in [2.05, 4.69) is 5.32 Å². The van der Waals surface area contributed by atoms with Gasteiger partial charge in [-0.1, -0.05) is 0 Å². The summed E-state index contributed by atoms with van der Waals surface area (Å²) >= 11 is 0. The van der Waals surface area contributed by atoms with Crippen molar-refractivity contribution in [3.8, 4) is 0 Å². The van der Waals surface area contributed by atoms with Gasteiger partial charge in [-0.25, -0.2) is 0 Å². The molecule has 1 atom stereocenters. The van der Waals surface area contributed by atoms with Gasteiger partial charge in [0.2, 0.25) is 5.91 Å². The van der Waals surface area contributed by atoms with Crippen molar-refractivity contribution in [3.63, 3.8) is 0 Å². The van der Waals surface area contributed by atoms with Gasteiger partial charge in [0.25, 0.3) is 0 Å². The summed E-state index contributed by atoms with van der Waals surface area (Å²) in [6.45, 7) is 2.08. The molecule has 1 amide bonds. The summed E-state index contributed by atoms with van der Waals surface area (Å²) in [5.74, 6) is 0.0295. The molecule has 0 aromatic heterocycles. The van der Waals surface area contributed by atoms with Crippen molar-refractivity contribution in [1.82, 2.24) is 10.2 Å². The molecule has 4 heteroatoms. The summed E-state index contributed by atoms with van der Waals surface area (Å²) < 4.78 is 5.37. The topological polar surface area (TPSA) is 41.6 Å². The zero-order valence-electron chi connectivity index (χ0n) is 7.67. The maximum absolute atomic E-state index is 11.1. The fourth-order valence-electron chi connectivity index (χ4n) is 1.09. The fraction of sp³-hybridized carbons (Fsp3) is 0.875. The molecule has 0 bridgehead atoms. The van der Waals surface area contributed by atoms with E-state index in [1.807, 2.05) is 0 Å². The average Bonchev–Trinajstić information content (AvgIpc) is 2.51. The predicted octanol–water partition coefficient (Wildman–Crippen LogP) is -0.547. The van der Waals surface area contributed by atoms with E-state index in [0.717, 1.165) is 19.5 Å². The van der Waals surface area contributed by atoms with Gasteiger partial charge in [0.05, 0.1) is 6.10 Å². The van der Waals surface area contributed by atoms with Crippen molar-refractivity contribution in [2.24, 2.45) is 0 Å². The number of ether oxygens (including phenoxy) is 1. The molecule has 12 heavy (non-hydrogen) atoms. The van der Waals surface area contributed by atoms with Crippen molar-refractivity contribution in [3.05, 3.63) is 0 Å². The van der Waals surface area contributed by atoms with Gasteiger partial charge >= 0.3 is 0 Å². The minimum absolute atomic E-state index is 0.0295. The molecule has 0 unspecified atom stereocenters. The number of carbonyl (C=O) groups is 1. The van der Waals surface area contributed by atoms with Gasteiger partial charge in [-0.3, -0.25) is 4.79 Å². The Kier molecular flexibility index (Phi) is 3.49. The maximum atomic E-state index is 11.1. The number of amides is 1. The standard InChI is InChI=1S/C8H16N2O2/c1-10(2)8(11)6-12-7-3-4-9-5-7/h7,9H,3-6H2,1-2H3/t7-/m1/s1. The largest absolute Gasteiger partial charge is 0.367 e. The Hall–Kier alpha value is -0.610. The molecule has 0 radical (unpaired) electrons. The molecule has 0 aromatic carbocycles. The maximum Gasteiger partial charge on any atom is 0.248 e. The summed E-state index contributed by atoms with van der Waals surface area (Å²) in [6, 6.07) is 0. The highest BCUT2D eigenvalue weighted by Crippen LogP contribution is 2.02. The lowest BCUT2D eigenvalue weighted by Crippen LogP contribution is -2.29. The molecule has 0 aromatic rings. The molecule has 70 valence electrons. The third-order valence-corrected chi connectivity index (χ3v) is 1.96. The van der Waals surface area contributed by atoms with Crippen LogP contribution in [0.15, 0.2) is 0 Å². The Bertz CT molecular complexity index is 153. The Morgan fingerprint density at radius 2 is 2.42 bits per heavy atom. The highest BCUT2D eigenvalue weighted by atomic mass is 16.5. The lowest BCUT2D eigenvalue weighted by molar-refractivity contribution is -0.135. The van der Waals surface area contributed by atoms with Crippen LogP contribution in [0, 0.1) is 0 Å². The Balaban J connectivity index is 2.12. The average molecular weight is 172 g/mol. The van der Waals surface area contributed by atoms with Crippen LogP contribution in [0.4, 0.5) is 0 Å². The zero-order chi connectivity index (χ0) is 8.97. The summed E-state index contributed by atoms with van der Waals surface area (Å²) in [5, 5.41) is 3.18. The first kappa shape index (κ1) is 9.48. The number of hydrogen-bond donors (Lipinski definition) is 1. The molecule has 4 nitrogen and oxygen atoms in total. The molecule has 1 aliphatic rings. The Morgan fingerprint density at radius 1 is 1.67 bits per heavy atom. The van der Waals surface area contributed by atoms with Crippen LogP contribution in [0.3, 0.4) is 0 Å². The second-order valence-corrected chi connectivity index (χ2v) is 3.21. The Labute approximate surface area is 72.9 Å². The number of carbonyl (C=O) groups excluding carboxylic acids is 1. The summed E-state index contributed by atoms with van der Waals surface area (Å²) in [4.78, 5) is 12.6. The first-order chi connectivity index (χ1) is 5.70. The SMILES string of the molecule is CN(C)C(=O)CO[C@@H]1CCNC1. The summed E-state index contributed by atoms with van der Waals surface area (Å²) in [5.41, 5.74) is 0. The molecule has 0 saturated carbocycles. The lowest BCUT2D eigenvalue weighted by atomic mass is 10.3. The molecule has 1 fully saturated rings. The van der Waals surface area contributed by atoms with E-state index in [1.54, 1.807) is 19.0 Å². The fourth-order valence-corrected chi connectivity index (χ4v) is 1.09. The molecule has 0 spiro atoms. The molecule has 1 aliphatic heterocycles. The molecule has 1 rings (SSSR count). The van der Waals surface area contributed by atoms with Crippen molar-refractivity contribution >= 4 is 5.91 Å². The molecular formula is C8H16N2O2. The predicted molar refractivity (Wildman–Crippen MR) is 45.9 cm³/mol. The van der Waals surface area contributed by atoms with E-state index >= 15 is 0 Å². The van der Waals surface area contributed by atoms with Crippen LogP contribution in [-0.4, -0.2) is 50.7 Å². The van der Waals surface area contributed by atoms with E-state index in [4.69, 9.17) is 4.74 Å². The van der Waals surface area contributed by atoms with Crippen molar-refractivity contribution < 1.29 is 9.53 Å². The van der Waals surface area contributed by atoms with E-state index < -0.39 is 0 Å². The third kappa shape index (κ3) is 2.79. The molecule has 1 saturated heterocycles. The van der Waals surface area contributed by atoms with Crippen molar-refractivity contribution in [2.45, 2.75) is 12.5 Å². The number of rotatable bonds is 3. The number of nitrogens with zero attached hydrogens (tertiary/aromatic N) is 1. The number of likely N-dealkylation sites (N-methyl/N-ethyl adjacent to an activating group) is 1. The van der Waals surface area contributed by atoms with Gasteiger partial charge in [0, 0.05) is 20.6 Å². The van der Waals surface area contributed by atoms with Gasteiger partial charge in [-0.15, -0.1) is 0 Å². The normalized spacial score (nSPS) is 22.7. The van der Waals surface area contributed by atoms with Crippen LogP contribution in [-0.2, 0) is 9.53 Å². The highest BCUT2D eigenvalue weighted by molar-refractivity contribution is 5.76. The first-order valence-corrected chi connectivity index (χ1v) is 4.22. The Morgan fingerprint density at radius 3 is 2.92 bits per heavy atom. The second kappa shape index (κ2) is 4.42. The highest BCUT2D eigenvalue weighted by Gasteiger charge is 2.16. The van der Waals surface area contributed by atoms with Crippen LogP contribution in [0.2, 0.25) is 0 Å². The number of hydrogen-bond acceptors (Lipinski definition) is 3. The van der Waals surface area contributed by atoms with Crippen molar-refractivity contribution in [1.29, 1.82) is 0 Å². The van der Waals surface area contributed by atoms with Crippen LogP contribution in [0.25, 0.3) is 0 Å². The minimum Gasteiger partial charge on any atom is -0.367 e. The van der Waals surface area contributed by atoms with Gasteiger partial charge < -0.3 is 15.0 Å². The smallest absolute Gasteiger partial charge is 0.248 e. The van der Waals surface area contributed by atoms with Gasteiger partial charge in [0.15, 0.2) is 0 Å². The quantitative estimate of drug-likeness (QED) is 0.621. The molecule has 1 heterocycles. The monoisotopic (exact) mass is 172 g/mol. The van der Waals surface area contributed by atoms with Crippen LogP contribution < -0.4 is 5.32 Å².